The highest BCUT2D eigenvalue weighted by Gasteiger charge is 2.70. The highest BCUT2D eigenvalue weighted by molar-refractivity contribution is 5.95. The molecule has 6 rings (SSSR count). The van der Waals surface area contributed by atoms with Gasteiger partial charge >= 0.3 is 17.9 Å². The summed E-state index contributed by atoms with van der Waals surface area (Å²) in [5.41, 5.74) is -1.54. The maximum Gasteiger partial charge on any atom is 0.307 e. The lowest BCUT2D eigenvalue weighted by Gasteiger charge is -2.35. The number of hydrogen-bond acceptors (Lipinski definition) is 15. The number of esters is 3. The Balaban J connectivity index is 0.000000318. The van der Waals surface area contributed by atoms with Gasteiger partial charge in [0.05, 0.1) is 49.0 Å². The molecule has 6 fully saturated rings. The molecule has 14 atom stereocenters. The summed E-state index contributed by atoms with van der Waals surface area (Å²) in [5.74, 6) is -4.10. The van der Waals surface area contributed by atoms with E-state index in [1.807, 2.05) is 13.8 Å². The molecule has 2 amide bonds. The highest BCUT2D eigenvalue weighted by Crippen LogP contribution is 2.66. The lowest BCUT2D eigenvalue weighted by Crippen LogP contribution is -2.51. The third kappa shape index (κ3) is 21.5. The number of hydrogen-bond donors (Lipinski definition) is 1. The van der Waals surface area contributed by atoms with Gasteiger partial charge in [-0.3, -0.25) is 43.2 Å². The summed E-state index contributed by atoms with van der Waals surface area (Å²) in [6.07, 6.45) is 12.2. The molecule has 0 aromatic rings. The fourth-order valence-corrected chi connectivity index (χ4v) is 13.9. The monoisotopic (exact) mass is 1220 g/mol. The Bertz CT molecular complexity index is 2360. The first-order chi connectivity index (χ1) is 40.6. The lowest BCUT2D eigenvalue weighted by molar-refractivity contribution is -0.162. The molecule has 0 spiro atoms. The number of ether oxygens (including phenoxy) is 5. The molecule has 0 aromatic heterocycles. The van der Waals surface area contributed by atoms with Crippen LogP contribution in [0.3, 0.4) is 0 Å². The third-order valence-corrected chi connectivity index (χ3v) is 19.7. The Morgan fingerprint density at radius 1 is 0.529 bits per heavy atom. The predicted molar refractivity (Wildman–Crippen MR) is 333 cm³/mol. The maximum absolute atomic E-state index is 14.3. The summed E-state index contributed by atoms with van der Waals surface area (Å²) in [7, 11) is 0. The summed E-state index contributed by atoms with van der Waals surface area (Å²) in [6, 6.07) is -1.30. The molecular formula is C70H116N2O15. The fourth-order valence-electron chi connectivity index (χ4n) is 13.9. The van der Waals surface area contributed by atoms with Crippen LogP contribution >= 0.6 is 0 Å². The summed E-state index contributed by atoms with van der Waals surface area (Å²) >= 11 is 0. The zero-order valence-corrected chi connectivity index (χ0v) is 56.8. The number of fused-ring (bicyclic) bond motifs is 2. The smallest absolute Gasteiger partial charge is 0.307 e. The molecule has 2 heterocycles. The average molecular weight is 1230 g/mol. The molecule has 4 aliphatic carbocycles. The van der Waals surface area contributed by atoms with E-state index in [2.05, 4.69) is 41.5 Å². The molecule has 496 valence electrons. The molecule has 6 aliphatic rings. The Morgan fingerprint density at radius 2 is 0.897 bits per heavy atom. The molecule has 2 saturated heterocycles. The van der Waals surface area contributed by atoms with Gasteiger partial charge in [0.1, 0.15) is 17.3 Å². The maximum atomic E-state index is 14.3. The lowest BCUT2D eigenvalue weighted by atomic mass is 9.87. The first kappa shape index (κ1) is 73.6. The van der Waals surface area contributed by atoms with Crippen LogP contribution in [0.2, 0.25) is 0 Å². The van der Waals surface area contributed by atoms with Gasteiger partial charge in [0, 0.05) is 64.8 Å². The molecule has 87 heavy (non-hydrogen) atoms. The van der Waals surface area contributed by atoms with Crippen molar-refractivity contribution in [3.8, 4) is 0 Å². The number of aliphatic hydroxyl groups excluding tert-OH is 1. The Labute approximate surface area is 522 Å². The van der Waals surface area contributed by atoms with Crippen LogP contribution in [0.5, 0.6) is 0 Å². The fraction of sp³-hybridized carbons (Fsp3) is 0.871. The molecule has 0 bridgehead atoms. The van der Waals surface area contributed by atoms with Gasteiger partial charge in [-0.25, -0.2) is 0 Å². The van der Waals surface area contributed by atoms with Crippen molar-refractivity contribution in [3.63, 3.8) is 0 Å². The number of piperidine rings is 2. The molecular weight excluding hydrogens is 1110 g/mol. The third-order valence-electron chi connectivity index (χ3n) is 19.7. The Hall–Kier alpha value is -4.09. The number of carbonyl (C=O) groups excluding carboxylic acids is 9. The minimum absolute atomic E-state index is 0.00698. The topological polar surface area (TPSA) is 226 Å². The van der Waals surface area contributed by atoms with E-state index in [0.717, 1.165) is 77.0 Å². The number of rotatable bonds is 37. The van der Waals surface area contributed by atoms with Gasteiger partial charge in [0.2, 0.25) is 11.8 Å². The van der Waals surface area contributed by atoms with Crippen LogP contribution < -0.4 is 0 Å². The van der Waals surface area contributed by atoms with Crippen molar-refractivity contribution in [2.45, 2.75) is 294 Å². The van der Waals surface area contributed by atoms with Gasteiger partial charge in [0.15, 0.2) is 29.2 Å². The normalized spacial score (nSPS) is 25.2. The SMILES string of the molecule is CCCCCCCO[C@@H](C)[C@H](CC(=O)OC(C)(C)C)C(=O)N1C[C@H]2[C@@H]([C@H]1C(=O)C[C@@H](C)C(O)C(=O)CC1CC1)C2(C)C.CCCCCCCO[C@@H](C)[C@H](CC(=O)OC(C)(C)C)C(=O)N1C[C@H]2[C@@H]([C@H]1C(=O)C[C@@H](C)C(OC(C)=O)C(=O)CC1CC1)C2(C)C. The van der Waals surface area contributed by atoms with E-state index in [4.69, 9.17) is 23.7 Å². The van der Waals surface area contributed by atoms with E-state index in [1.54, 1.807) is 65.2 Å². The van der Waals surface area contributed by atoms with Crippen molar-refractivity contribution in [3.05, 3.63) is 0 Å². The van der Waals surface area contributed by atoms with Gasteiger partial charge in [-0.2, -0.15) is 0 Å². The highest BCUT2D eigenvalue weighted by atomic mass is 16.6. The number of nitrogens with zero attached hydrogens (tertiary/aromatic N) is 2. The molecule has 0 radical (unpaired) electrons. The molecule has 4 saturated carbocycles. The number of amides is 2. The van der Waals surface area contributed by atoms with Crippen LogP contribution in [0, 0.1) is 70.0 Å². The van der Waals surface area contributed by atoms with Gasteiger partial charge in [0.25, 0.3) is 0 Å². The Kier molecular flexibility index (Phi) is 26.9. The van der Waals surface area contributed by atoms with Crippen molar-refractivity contribution in [2.24, 2.45) is 70.0 Å². The van der Waals surface area contributed by atoms with Gasteiger partial charge in [-0.05, 0) is 146 Å². The average Bonchev–Trinajstić information content (AvgIpc) is 1.54. The number of ketones is 4. The Morgan fingerprint density at radius 3 is 1.25 bits per heavy atom. The molecule has 1 N–H and O–H groups in total. The van der Waals surface area contributed by atoms with Crippen molar-refractivity contribution < 1.29 is 71.9 Å². The largest absolute Gasteiger partial charge is 0.460 e. The first-order valence-electron chi connectivity index (χ1n) is 33.8. The number of unbranched alkanes of at least 4 members (excludes halogenated alkanes) is 8. The van der Waals surface area contributed by atoms with Gasteiger partial charge < -0.3 is 38.6 Å². The van der Waals surface area contributed by atoms with Gasteiger partial charge in [-0.1, -0.05) is 107 Å². The van der Waals surface area contributed by atoms with Crippen LogP contribution in [-0.2, 0) is 66.8 Å². The molecule has 17 nitrogen and oxygen atoms in total. The molecule has 2 aliphatic heterocycles. The van der Waals surface area contributed by atoms with Crippen LogP contribution in [0.25, 0.3) is 0 Å². The van der Waals surface area contributed by atoms with Crippen LogP contribution in [-0.4, -0.2) is 142 Å². The quantitative estimate of drug-likeness (QED) is 0.0347. The summed E-state index contributed by atoms with van der Waals surface area (Å²) < 4.78 is 28.9. The summed E-state index contributed by atoms with van der Waals surface area (Å²) in [4.78, 5) is 123. The summed E-state index contributed by atoms with van der Waals surface area (Å²) in [6.45, 7) is 34.0. The van der Waals surface area contributed by atoms with E-state index in [9.17, 15) is 48.3 Å². The predicted octanol–water partition coefficient (Wildman–Crippen LogP) is 11.6. The van der Waals surface area contributed by atoms with Crippen molar-refractivity contribution in [2.75, 3.05) is 26.3 Å². The van der Waals surface area contributed by atoms with Crippen LogP contribution in [0.4, 0.5) is 0 Å². The molecule has 0 aromatic carbocycles. The first-order valence-corrected chi connectivity index (χ1v) is 33.8. The van der Waals surface area contributed by atoms with Crippen molar-refractivity contribution in [1.82, 2.24) is 9.80 Å². The zero-order chi connectivity index (χ0) is 65.1. The number of likely N-dealkylation sites (tertiary alicyclic amines) is 2. The second-order valence-electron chi connectivity index (χ2n) is 30.6. The zero-order valence-electron chi connectivity index (χ0n) is 56.8. The standard InChI is InChI=1S/C36H59NO8.C34H57NO7/c1-10-11-12-13-14-17-43-23(3)26(20-30(41)45-35(5,6)7)34(42)37-21-27-31(36(27,8)9)32(37)28(39)18-22(2)33(44-24(4)38)29(40)19-25-15-16-25;1-9-10-11-12-13-16-41-22(3)24(19-28(38)42-33(4,5)6)32(40)35-20-25-29(34(25,7)8)30(35)26(36)17-21(2)31(39)27(37)18-23-14-15-23/h22-23,25-27,31-33H,10-21H2,1-9H3;21-25,29-31,39H,9-20H2,1-8H3/t22-,23+,26+,27+,31+,32-,33?;21-,22+,24+,25+,29+,30-,31?/m11/s1. The molecule has 17 heteroatoms. The van der Waals surface area contributed by atoms with Crippen LogP contribution in [0.15, 0.2) is 0 Å². The van der Waals surface area contributed by atoms with E-state index in [1.165, 1.54) is 19.8 Å². The number of carbonyl (C=O) groups is 9. The number of aliphatic hydroxyl groups is 1. The number of Topliss-reactive ketones (excluding diaryl/α,β-unsaturated/α-hetero) is 4. The second-order valence-corrected chi connectivity index (χ2v) is 30.6. The van der Waals surface area contributed by atoms with Crippen LogP contribution in [0.1, 0.15) is 246 Å². The minimum atomic E-state index is -1.17. The van der Waals surface area contributed by atoms with E-state index in [-0.39, 0.29) is 95.1 Å². The second kappa shape index (κ2) is 31.8. The van der Waals surface area contributed by atoms with Crippen molar-refractivity contribution in [1.29, 1.82) is 0 Å². The van der Waals surface area contributed by atoms with E-state index < -0.39 is 89.3 Å². The van der Waals surface area contributed by atoms with E-state index in [0.29, 0.717) is 51.0 Å². The molecule has 2 unspecified atom stereocenters. The minimum Gasteiger partial charge on any atom is -0.460 e. The van der Waals surface area contributed by atoms with Crippen molar-refractivity contribution >= 4 is 52.9 Å². The summed E-state index contributed by atoms with van der Waals surface area (Å²) in [5, 5.41) is 10.7. The van der Waals surface area contributed by atoms with Gasteiger partial charge in [-0.15, -0.1) is 0 Å². The van der Waals surface area contributed by atoms with E-state index >= 15 is 0 Å².